The molecular formula is C19H22ClN3O2. The van der Waals surface area contributed by atoms with Crippen molar-refractivity contribution in [3.63, 3.8) is 0 Å². The summed E-state index contributed by atoms with van der Waals surface area (Å²) in [6.45, 7) is 4.47. The third-order valence-corrected chi connectivity index (χ3v) is 4.55. The molecule has 6 heteroatoms. The average molecular weight is 360 g/mol. The molecule has 5 nitrogen and oxygen atoms in total. The molecule has 0 aliphatic carbocycles. The zero-order valence-corrected chi connectivity index (χ0v) is 15.0. The van der Waals surface area contributed by atoms with Crippen LogP contribution in [-0.2, 0) is 0 Å². The zero-order chi connectivity index (χ0) is 17.8. The van der Waals surface area contributed by atoms with Crippen LogP contribution in [0.2, 0.25) is 5.02 Å². The van der Waals surface area contributed by atoms with Crippen molar-refractivity contribution < 1.29 is 9.53 Å². The second kappa shape index (κ2) is 7.87. The normalized spacial score (nSPS) is 22.6. The maximum Gasteiger partial charge on any atom is 0.256 e. The van der Waals surface area contributed by atoms with Crippen LogP contribution < -0.4 is 20.9 Å². The fourth-order valence-corrected chi connectivity index (χ4v) is 3.36. The van der Waals surface area contributed by atoms with Crippen LogP contribution in [0.15, 0.2) is 48.5 Å². The van der Waals surface area contributed by atoms with Gasteiger partial charge in [0.2, 0.25) is 0 Å². The molecule has 3 rings (SSSR count). The van der Waals surface area contributed by atoms with E-state index in [0.717, 1.165) is 5.56 Å². The molecule has 0 saturated carbocycles. The summed E-state index contributed by atoms with van der Waals surface area (Å²) in [5.41, 5.74) is 7.95. The van der Waals surface area contributed by atoms with Crippen molar-refractivity contribution in [2.45, 2.75) is 32.0 Å². The Labute approximate surface area is 152 Å². The van der Waals surface area contributed by atoms with Crippen LogP contribution in [-0.4, -0.2) is 24.7 Å². The molecule has 1 heterocycles. The number of ether oxygens (including phenoxy) is 1. The Morgan fingerprint density at radius 1 is 1.20 bits per heavy atom. The molecule has 1 aliphatic heterocycles. The number of hydrazine groups is 1. The second-order valence-electron chi connectivity index (χ2n) is 6.04. The van der Waals surface area contributed by atoms with Gasteiger partial charge >= 0.3 is 0 Å². The molecule has 1 aliphatic rings. The molecule has 0 spiro atoms. The monoisotopic (exact) mass is 359 g/mol. The minimum absolute atomic E-state index is 0.0573. The van der Waals surface area contributed by atoms with E-state index >= 15 is 0 Å². The van der Waals surface area contributed by atoms with Crippen LogP contribution in [0.3, 0.4) is 0 Å². The van der Waals surface area contributed by atoms with E-state index in [4.69, 9.17) is 16.3 Å². The lowest BCUT2D eigenvalue weighted by Gasteiger charge is -2.23. The van der Waals surface area contributed by atoms with Crippen LogP contribution in [0.1, 0.15) is 35.7 Å². The van der Waals surface area contributed by atoms with Gasteiger partial charge in [-0.1, -0.05) is 35.9 Å². The largest absolute Gasteiger partial charge is 0.493 e. The molecule has 0 bridgehead atoms. The van der Waals surface area contributed by atoms with Gasteiger partial charge in [-0.2, -0.15) is 0 Å². The molecule has 1 fully saturated rings. The maximum absolute atomic E-state index is 12.8. The minimum atomic E-state index is -0.254. The third-order valence-electron chi connectivity index (χ3n) is 4.32. The Morgan fingerprint density at radius 2 is 2.00 bits per heavy atom. The smallest absolute Gasteiger partial charge is 0.256 e. The van der Waals surface area contributed by atoms with Gasteiger partial charge in [0.05, 0.1) is 12.2 Å². The summed E-state index contributed by atoms with van der Waals surface area (Å²) in [6.07, 6.45) is -0.254. The number of nitrogens with one attached hydrogen (secondary N) is 3. The van der Waals surface area contributed by atoms with Gasteiger partial charge < -0.3 is 10.1 Å². The Morgan fingerprint density at radius 3 is 2.76 bits per heavy atom. The lowest BCUT2D eigenvalue weighted by atomic mass is 9.91. The van der Waals surface area contributed by atoms with Crippen molar-refractivity contribution in [2.24, 2.45) is 0 Å². The van der Waals surface area contributed by atoms with Crippen LogP contribution >= 0.6 is 11.6 Å². The van der Waals surface area contributed by atoms with Gasteiger partial charge in [0.25, 0.3) is 5.91 Å². The number of carbonyl (C=O) groups is 1. The van der Waals surface area contributed by atoms with Crippen LogP contribution in [0.5, 0.6) is 5.75 Å². The number of carbonyl (C=O) groups excluding carboxylic acids is 1. The number of halogens is 1. The van der Waals surface area contributed by atoms with Crippen molar-refractivity contribution in [1.82, 2.24) is 16.2 Å². The molecule has 0 radical (unpaired) electrons. The summed E-state index contributed by atoms with van der Waals surface area (Å²) >= 11 is 6.13. The Hall–Kier alpha value is -2.08. The van der Waals surface area contributed by atoms with Crippen LogP contribution in [0, 0.1) is 0 Å². The summed E-state index contributed by atoms with van der Waals surface area (Å²) < 4.78 is 5.56. The van der Waals surface area contributed by atoms with Crippen LogP contribution in [0.4, 0.5) is 0 Å². The van der Waals surface area contributed by atoms with Crippen molar-refractivity contribution in [3.8, 4) is 5.75 Å². The molecule has 25 heavy (non-hydrogen) atoms. The number of hydrogen-bond donors (Lipinski definition) is 3. The summed E-state index contributed by atoms with van der Waals surface area (Å²) in [7, 11) is 0. The van der Waals surface area contributed by atoms with Gasteiger partial charge in [-0.15, -0.1) is 0 Å². The van der Waals surface area contributed by atoms with Crippen LogP contribution in [0.25, 0.3) is 0 Å². The molecule has 3 atom stereocenters. The number of para-hydroxylation sites is 1. The first-order valence-electron chi connectivity index (χ1n) is 8.39. The average Bonchev–Trinajstić information content (AvgIpc) is 2.96. The van der Waals surface area contributed by atoms with Gasteiger partial charge in [-0.05, 0) is 43.7 Å². The number of amides is 1. The summed E-state index contributed by atoms with van der Waals surface area (Å²) in [6, 6.07) is 15.1. The Bertz CT molecular complexity index is 753. The number of benzene rings is 2. The van der Waals surface area contributed by atoms with Gasteiger partial charge in [0.1, 0.15) is 11.9 Å². The molecule has 1 amide bonds. The lowest BCUT2D eigenvalue weighted by molar-refractivity contribution is 0.0924. The number of hydrogen-bond acceptors (Lipinski definition) is 4. The van der Waals surface area contributed by atoms with E-state index < -0.39 is 0 Å². The maximum atomic E-state index is 12.8. The summed E-state index contributed by atoms with van der Waals surface area (Å²) in [4.78, 5) is 12.8. The SMILES string of the molecule is CCOc1ccccc1C(=O)NC1NNC(C)C1c1cccc(Cl)c1. The zero-order valence-electron chi connectivity index (χ0n) is 14.3. The highest BCUT2D eigenvalue weighted by Crippen LogP contribution is 2.28. The first-order valence-corrected chi connectivity index (χ1v) is 8.77. The quantitative estimate of drug-likeness (QED) is 0.767. The van der Waals surface area contributed by atoms with E-state index in [9.17, 15) is 4.79 Å². The van der Waals surface area contributed by atoms with E-state index in [0.29, 0.717) is 22.9 Å². The number of rotatable bonds is 5. The van der Waals surface area contributed by atoms with Crippen molar-refractivity contribution in [3.05, 3.63) is 64.7 Å². The predicted octanol–water partition coefficient (Wildman–Crippen LogP) is 3.07. The molecule has 3 unspecified atom stereocenters. The fourth-order valence-electron chi connectivity index (χ4n) is 3.16. The van der Waals surface area contributed by atoms with E-state index in [1.54, 1.807) is 12.1 Å². The van der Waals surface area contributed by atoms with E-state index in [1.165, 1.54) is 0 Å². The highest BCUT2D eigenvalue weighted by atomic mass is 35.5. The molecular weight excluding hydrogens is 338 g/mol. The van der Waals surface area contributed by atoms with E-state index in [-0.39, 0.29) is 24.0 Å². The molecule has 132 valence electrons. The van der Waals surface area contributed by atoms with E-state index in [1.807, 2.05) is 43.3 Å². The van der Waals surface area contributed by atoms with Crippen molar-refractivity contribution >= 4 is 17.5 Å². The van der Waals surface area contributed by atoms with Gasteiger partial charge in [-0.3, -0.25) is 10.2 Å². The van der Waals surface area contributed by atoms with Gasteiger partial charge in [-0.25, -0.2) is 5.43 Å². The van der Waals surface area contributed by atoms with E-state index in [2.05, 4.69) is 23.1 Å². The predicted molar refractivity (Wildman–Crippen MR) is 98.8 cm³/mol. The Balaban J connectivity index is 1.80. The lowest BCUT2D eigenvalue weighted by Crippen LogP contribution is -2.46. The molecule has 0 aromatic heterocycles. The highest BCUT2D eigenvalue weighted by Gasteiger charge is 2.35. The van der Waals surface area contributed by atoms with Crippen molar-refractivity contribution in [1.29, 1.82) is 0 Å². The fraction of sp³-hybridized carbons (Fsp3) is 0.316. The Kier molecular flexibility index (Phi) is 5.58. The summed E-state index contributed by atoms with van der Waals surface area (Å²) in [5, 5.41) is 3.74. The second-order valence-corrected chi connectivity index (χ2v) is 6.47. The molecule has 2 aromatic carbocycles. The minimum Gasteiger partial charge on any atom is -0.493 e. The summed E-state index contributed by atoms with van der Waals surface area (Å²) in [5.74, 6) is 0.465. The molecule has 2 aromatic rings. The third kappa shape index (κ3) is 3.95. The first-order chi connectivity index (χ1) is 12.1. The standard InChI is InChI=1S/C19H22ClN3O2/c1-3-25-16-10-5-4-9-15(16)19(24)21-18-17(12(2)22-23-18)13-7-6-8-14(20)11-13/h4-12,17-18,22-23H,3H2,1-2H3,(H,21,24). The molecule has 3 N–H and O–H groups in total. The highest BCUT2D eigenvalue weighted by molar-refractivity contribution is 6.30. The molecule has 1 saturated heterocycles. The first kappa shape index (κ1) is 17.7. The van der Waals surface area contributed by atoms with Gasteiger partial charge in [0.15, 0.2) is 0 Å². The topological polar surface area (TPSA) is 62.4 Å². The van der Waals surface area contributed by atoms with Crippen molar-refractivity contribution in [2.75, 3.05) is 6.61 Å². The van der Waals surface area contributed by atoms with Gasteiger partial charge in [0, 0.05) is 17.0 Å².